The number of unbranched alkanes of at least 4 members (excludes halogenated alkanes) is 1. The van der Waals surface area contributed by atoms with Gasteiger partial charge in [-0.15, -0.1) is 0 Å². The largest absolute Gasteiger partial charge is 0.399 e. The molecule has 0 heterocycles. The SMILES string of the molecule is CCCCN(CCO)S(=O)(=O)c1cc(N)cc(Br)c1F. The van der Waals surface area contributed by atoms with Crippen LogP contribution in [0.2, 0.25) is 0 Å². The van der Waals surface area contributed by atoms with Crippen LogP contribution in [0.5, 0.6) is 0 Å². The predicted molar refractivity (Wildman–Crippen MR) is 79.3 cm³/mol. The minimum absolute atomic E-state index is 0.00415. The Morgan fingerprint density at radius 3 is 2.60 bits per heavy atom. The van der Waals surface area contributed by atoms with Crippen molar-refractivity contribution >= 4 is 31.6 Å². The Bertz CT molecular complexity index is 566. The number of rotatable bonds is 7. The summed E-state index contributed by atoms with van der Waals surface area (Å²) in [7, 11) is -4.02. The van der Waals surface area contributed by atoms with Crippen LogP contribution in [0.15, 0.2) is 21.5 Å². The van der Waals surface area contributed by atoms with E-state index in [1.165, 1.54) is 6.07 Å². The third-order valence-electron chi connectivity index (χ3n) is 2.75. The van der Waals surface area contributed by atoms with Crippen LogP contribution in [0.1, 0.15) is 19.8 Å². The second-order valence-corrected chi connectivity index (χ2v) is 7.06. The highest BCUT2D eigenvalue weighted by Gasteiger charge is 2.28. The van der Waals surface area contributed by atoms with E-state index in [4.69, 9.17) is 10.8 Å². The number of hydrogen-bond acceptors (Lipinski definition) is 4. The van der Waals surface area contributed by atoms with Crippen molar-refractivity contribution in [3.63, 3.8) is 0 Å². The lowest BCUT2D eigenvalue weighted by atomic mass is 10.3. The van der Waals surface area contributed by atoms with Crippen molar-refractivity contribution in [2.45, 2.75) is 24.7 Å². The Hall–Kier alpha value is -0.700. The fourth-order valence-electron chi connectivity index (χ4n) is 1.71. The summed E-state index contributed by atoms with van der Waals surface area (Å²) < 4.78 is 40.0. The van der Waals surface area contributed by atoms with Gasteiger partial charge in [-0.25, -0.2) is 12.8 Å². The maximum absolute atomic E-state index is 14.0. The number of anilines is 1. The van der Waals surface area contributed by atoms with Gasteiger partial charge in [0.15, 0.2) is 5.82 Å². The lowest BCUT2D eigenvalue weighted by Crippen LogP contribution is -2.35. The topological polar surface area (TPSA) is 83.6 Å². The summed E-state index contributed by atoms with van der Waals surface area (Å²) in [5.74, 6) is -0.876. The van der Waals surface area contributed by atoms with E-state index in [-0.39, 0.29) is 29.9 Å². The maximum Gasteiger partial charge on any atom is 0.246 e. The van der Waals surface area contributed by atoms with E-state index in [9.17, 15) is 12.8 Å². The molecule has 0 aliphatic rings. The lowest BCUT2D eigenvalue weighted by Gasteiger charge is -2.21. The summed E-state index contributed by atoms with van der Waals surface area (Å²) in [6.07, 6.45) is 1.42. The van der Waals surface area contributed by atoms with Gasteiger partial charge in [0.2, 0.25) is 10.0 Å². The van der Waals surface area contributed by atoms with Crippen LogP contribution < -0.4 is 5.73 Å². The molecule has 0 saturated heterocycles. The molecule has 20 heavy (non-hydrogen) atoms. The Morgan fingerprint density at radius 2 is 2.05 bits per heavy atom. The molecular weight excluding hydrogens is 351 g/mol. The van der Waals surface area contributed by atoms with Gasteiger partial charge < -0.3 is 10.8 Å². The zero-order chi connectivity index (χ0) is 15.3. The Kier molecular flexibility index (Phi) is 6.38. The van der Waals surface area contributed by atoms with Gasteiger partial charge in [0.05, 0.1) is 11.1 Å². The second kappa shape index (κ2) is 7.35. The van der Waals surface area contributed by atoms with Gasteiger partial charge in [-0.2, -0.15) is 4.31 Å². The molecular formula is C12H18BrFN2O3S. The summed E-state index contributed by atoms with van der Waals surface area (Å²) >= 11 is 2.94. The van der Waals surface area contributed by atoms with Crippen molar-refractivity contribution in [3.05, 3.63) is 22.4 Å². The molecule has 0 aliphatic heterocycles. The standard InChI is InChI=1S/C12H18BrFN2O3S/c1-2-3-4-16(5-6-17)20(18,19)11-8-9(15)7-10(13)12(11)14/h7-8,17H,2-6,15H2,1H3. The highest BCUT2D eigenvalue weighted by molar-refractivity contribution is 9.10. The van der Waals surface area contributed by atoms with Gasteiger partial charge in [-0.1, -0.05) is 13.3 Å². The van der Waals surface area contributed by atoms with Crippen molar-refractivity contribution < 1.29 is 17.9 Å². The number of aliphatic hydroxyl groups is 1. The molecule has 0 unspecified atom stereocenters. The van der Waals surface area contributed by atoms with Crippen LogP contribution in [0, 0.1) is 5.82 Å². The first kappa shape index (κ1) is 17.4. The van der Waals surface area contributed by atoms with Gasteiger partial charge in [-0.3, -0.25) is 0 Å². The van der Waals surface area contributed by atoms with E-state index in [1.807, 2.05) is 6.92 Å². The third-order valence-corrected chi connectivity index (χ3v) is 5.22. The number of nitrogens with two attached hydrogens (primary N) is 1. The summed E-state index contributed by atoms with van der Waals surface area (Å²) in [6.45, 7) is 1.74. The Balaban J connectivity index is 3.25. The predicted octanol–water partition coefficient (Wildman–Crippen LogP) is 1.95. The first-order valence-electron chi connectivity index (χ1n) is 6.20. The molecule has 0 amide bonds. The Labute approximate surface area is 126 Å². The van der Waals surface area contributed by atoms with E-state index in [0.29, 0.717) is 6.42 Å². The molecule has 0 aliphatic carbocycles. The Morgan fingerprint density at radius 1 is 1.40 bits per heavy atom. The van der Waals surface area contributed by atoms with E-state index < -0.39 is 20.7 Å². The molecule has 0 bridgehead atoms. The van der Waals surface area contributed by atoms with Crippen LogP contribution in [0.4, 0.5) is 10.1 Å². The van der Waals surface area contributed by atoms with Crippen molar-refractivity contribution in [2.24, 2.45) is 0 Å². The molecule has 0 saturated carbocycles. The summed E-state index contributed by atoms with van der Waals surface area (Å²) in [6, 6.07) is 2.39. The monoisotopic (exact) mass is 368 g/mol. The van der Waals surface area contributed by atoms with E-state index >= 15 is 0 Å². The number of hydrogen-bond donors (Lipinski definition) is 2. The third kappa shape index (κ3) is 3.91. The molecule has 1 aromatic rings. The number of halogens is 2. The fraction of sp³-hybridized carbons (Fsp3) is 0.500. The van der Waals surface area contributed by atoms with Crippen molar-refractivity contribution in [3.8, 4) is 0 Å². The number of benzene rings is 1. The minimum Gasteiger partial charge on any atom is -0.399 e. The molecule has 5 nitrogen and oxygen atoms in total. The van der Waals surface area contributed by atoms with Crippen LogP contribution in [0.25, 0.3) is 0 Å². The first-order valence-corrected chi connectivity index (χ1v) is 8.43. The van der Waals surface area contributed by atoms with Gasteiger partial charge in [-0.05, 0) is 34.5 Å². The van der Waals surface area contributed by atoms with E-state index in [2.05, 4.69) is 15.9 Å². The molecule has 0 aromatic heterocycles. The molecule has 8 heteroatoms. The number of aliphatic hydroxyl groups excluding tert-OH is 1. The molecule has 114 valence electrons. The molecule has 1 rings (SSSR count). The van der Waals surface area contributed by atoms with Crippen molar-refractivity contribution in [1.29, 1.82) is 0 Å². The first-order chi connectivity index (χ1) is 9.34. The van der Waals surface area contributed by atoms with E-state index in [1.54, 1.807) is 0 Å². The second-order valence-electron chi connectivity index (χ2n) is 4.30. The highest BCUT2D eigenvalue weighted by Crippen LogP contribution is 2.28. The van der Waals surface area contributed by atoms with Crippen LogP contribution in [-0.2, 0) is 10.0 Å². The number of sulfonamides is 1. The van der Waals surface area contributed by atoms with Crippen LogP contribution in [0.3, 0.4) is 0 Å². The molecule has 3 N–H and O–H groups in total. The zero-order valence-electron chi connectivity index (χ0n) is 11.1. The normalized spacial score (nSPS) is 12.1. The van der Waals surface area contributed by atoms with E-state index in [0.717, 1.165) is 16.8 Å². The van der Waals surface area contributed by atoms with Crippen LogP contribution in [-0.4, -0.2) is 37.5 Å². The number of nitrogens with zero attached hydrogens (tertiary/aromatic N) is 1. The molecule has 0 spiro atoms. The van der Waals surface area contributed by atoms with Crippen LogP contribution >= 0.6 is 15.9 Å². The summed E-state index contributed by atoms with van der Waals surface area (Å²) in [5.41, 5.74) is 5.72. The minimum atomic E-state index is -4.02. The van der Waals surface area contributed by atoms with Gasteiger partial charge >= 0.3 is 0 Å². The van der Waals surface area contributed by atoms with Gasteiger partial charge in [0.25, 0.3) is 0 Å². The quantitative estimate of drug-likeness (QED) is 0.720. The number of nitrogen functional groups attached to an aromatic ring is 1. The van der Waals surface area contributed by atoms with Gasteiger partial charge in [0.1, 0.15) is 4.90 Å². The van der Waals surface area contributed by atoms with Crippen molar-refractivity contribution in [2.75, 3.05) is 25.4 Å². The van der Waals surface area contributed by atoms with Gasteiger partial charge in [0, 0.05) is 18.8 Å². The maximum atomic E-state index is 14.0. The molecule has 0 radical (unpaired) electrons. The zero-order valence-corrected chi connectivity index (χ0v) is 13.5. The fourth-order valence-corrected chi connectivity index (χ4v) is 3.91. The summed E-state index contributed by atoms with van der Waals surface area (Å²) in [4.78, 5) is -0.478. The van der Waals surface area contributed by atoms with Crippen molar-refractivity contribution in [1.82, 2.24) is 4.31 Å². The smallest absolute Gasteiger partial charge is 0.246 e. The molecule has 0 atom stereocenters. The molecule has 0 fully saturated rings. The molecule has 1 aromatic carbocycles. The average Bonchev–Trinajstić information content (AvgIpc) is 2.38. The average molecular weight is 369 g/mol. The summed E-state index contributed by atoms with van der Waals surface area (Å²) in [5, 5.41) is 8.99. The highest BCUT2D eigenvalue weighted by atomic mass is 79.9. The lowest BCUT2D eigenvalue weighted by molar-refractivity contribution is 0.252.